The van der Waals surface area contributed by atoms with E-state index in [0.29, 0.717) is 27.9 Å². The average Bonchev–Trinajstić information content (AvgIpc) is 2.91. The summed E-state index contributed by atoms with van der Waals surface area (Å²) in [5, 5.41) is 0.899. The van der Waals surface area contributed by atoms with Crippen LogP contribution in [0, 0.1) is 6.92 Å². The van der Waals surface area contributed by atoms with Crippen molar-refractivity contribution in [2.45, 2.75) is 13.1 Å². The summed E-state index contributed by atoms with van der Waals surface area (Å²) in [6.45, 7) is 1.83. The summed E-state index contributed by atoms with van der Waals surface area (Å²) in [5.74, 6) is 0. The first-order valence-corrected chi connectivity index (χ1v) is 7.14. The zero-order valence-electron chi connectivity index (χ0n) is 12.0. The monoisotopic (exact) mass is 337 g/mol. The Morgan fingerprint density at radius 3 is 2.57 bits per heavy atom. The van der Waals surface area contributed by atoms with E-state index in [1.165, 1.54) is 12.1 Å². The first-order valence-electron chi connectivity index (χ1n) is 6.76. The van der Waals surface area contributed by atoms with Gasteiger partial charge in [0.25, 0.3) is 0 Å². The minimum atomic E-state index is -4.45. The second kappa shape index (κ2) is 5.42. The van der Waals surface area contributed by atoms with Crippen LogP contribution in [-0.4, -0.2) is 11.3 Å². The fourth-order valence-electron chi connectivity index (χ4n) is 2.62. The van der Waals surface area contributed by atoms with Gasteiger partial charge in [-0.3, -0.25) is 4.79 Å². The molecule has 1 N–H and O–H groups in total. The zero-order valence-corrected chi connectivity index (χ0v) is 12.7. The van der Waals surface area contributed by atoms with Gasteiger partial charge in [0, 0.05) is 10.9 Å². The number of aromatic nitrogens is 1. The molecule has 1 aromatic heterocycles. The molecule has 23 heavy (non-hydrogen) atoms. The third-order valence-electron chi connectivity index (χ3n) is 3.75. The topological polar surface area (TPSA) is 32.9 Å². The van der Waals surface area contributed by atoms with Crippen molar-refractivity contribution in [1.29, 1.82) is 0 Å². The Balaban J connectivity index is 2.31. The van der Waals surface area contributed by atoms with Crippen molar-refractivity contribution in [3.63, 3.8) is 0 Å². The van der Waals surface area contributed by atoms with Crippen LogP contribution in [0.5, 0.6) is 0 Å². The molecule has 6 heteroatoms. The van der Waals surface area contributed by atoms with Gasteiger partial charge in [-0.2, -0.15) is 13.2 Å². The predicted octanol–water partition coefficient (Wildman–Crippen LogP) is 5.63. The fraction of sp³-hybridized carbons (Fsp3) is 0.118. The number of aryl methyl sites for hydroxylation is 1. The van der Waals surface area contributed by atoms with Gasteiger partial charge in [0.1, 0.15) is 0 Å². The summed E-state index contributed by atoms with van der Waals surface area (Å²) in [6.07, 6.45) is -3.84. The summed E-state index contributed by atoms with van der Waals surface area (Å²) in [7, 11) is 0. The molecule has 0 unspecified atom stereocenters. The number of hydrogen-bond donors (Lipinski definition) is 1. The highest BCUT2D eigenvalue weighted by Crippen LogP contribution is 2.37. The molecule has 118 valence electrons. The third-order valence-corrected chi connectivity index (χ3v) is 4.06. The molecule has 0 aliphatic heterocycles. The molecule has 0 amide bonds. The number of alkyl halides is 3. The van der Waals surface area contributed by atoms with Crippen LogP contribution in [0.4, 0.5) is 13.2 Å². The number of aromatic amines is 1. The molecule has 0 aliphatic carbocycles. The predicted molar refractivity (Wildman–Crippen MR) is 83.9 cm³/mol. The molecule has 2 nitrogen and oxygen atoms in total. The number of carbonyl (C=O) groups is 1. The van der Waals surface area contributed by atoms with Crippen LogP contribution in [0.1, 0.15) is 21.5 Å². The highest BCUT2D eigenvalue weighted by molar-refractivity contribution is 6.37. The van der Waals surface area contributed by atoms with Crippen molar-refractivity contribution in [2.24, 2.45) is 0 Å². The number of aldehydes is 1. The minimum Gasteiger partial charge on any atom is -0.354 e. The van der Waals surface area contributed by atoms with E-state index in [9.17, 15) is 18.0 Å². The minimum absolute atomic E-state index is 0.257. The van der Waals surface area contributed by atoms with E-state index >= 15 is 0 Å². The van der Waals surface area contributed by atoms with Gasteiger partial charge in [-0.15, -0.1) is 0 Å². The second-order valence-electron chi connectivity index (χ2n) is 5.22. The SMILES string of the molecule is Cc1ccc(Cl)c2c(C=O)c(-c3cccc(C(F)(F)F)c3)[nH]c12. The van der Waals surface area contributed by atoms with Gasteiger partial charge in [0.2, 0.25) is 0 Å². The summed E-state index contributed by atoms with van der Waals surface area (Å²) in [4.78, 5) is 14.6. The van der Waals surface area contributed by atoms with Gasteiger partial charge in [0.05, 0.1) is 21.8 Å². The summed E-state index contributed by atoms with van der Waals surface area (Å²) >= 11 is 6.16. The van der Waals surface area contributed by atoms with E-state index in [-0.39, 0.29) is 11.1 Å². The molecule has 3 rings (SSSR count). The molecular formula is C17H11ClF3NO. The summed E-state index contributed by atoms with van der Waals surface area (Å²) < 4.78 is 38.7. The number of benzene rings is 2. The number of carbonyl (C=O) groups excluding carboxylic acids is 1. The van der Waals surface area contributed by atoms with E-state index in [1.807, 2.05) is 6.92 Å². The standard InChI is InChI=1S/C17H11ClF3NO/c1-9-5-6-13(18)14-12(8-23)16(22-15(9)14)10-3-2-4-11(7-10)17(19,20)21/h2-8,22H,1H3. The first-order chi connectivity index (χ1) is 10.8. The molecule has 0 fully saturated rings. The van der Waals surface area contributed by atoms with Gasteiger partial charge in [-0.05, 0) is 36.2 Å². The Kier molecular flexibility index (Phi) is 3.68. The number of H-pyrrole nitrogens is 1. The van der Waals surface area contributed by atoms with E-state index in [4.69, 9.17) is 11.6 Å². The van der Waals surface area contributed by atoms with Crippen molar-refractivity contribution >= 4 is 28.8 Å². The molecule has 0 spiro atoms. The van der Waals surface area contributed by atoms with Gasteiger partial charge in [-0.1, -0.05) is 29.8 Å². The molecule has 0 radical (unpaired) electrons. The smallest absolute Gasteiger partial charge is 0.354 e. The van der Waals surface area contributed by atoms with E-state index in [1.54, 1.807) is 12.1 Å². The van der Waals surface area contributed by atoms with Crippen LogP contribution in [0.25, 0.3) is 22.2 Å². The number of halogens is 4. The molecule has 0 atom stereocenters. The normalized spacial score (nSPS) is 11.9. The van der Waals surface area contributed by atoms with Crippen LogP contribution in [-0.2, 0) is 6.18 Å². The number of hydrogen-bond acceptors (Lipinski definition) is 1. The fourth-order valence-corrected chi connectivity index (χ4v) is 2.88. The maximum atomic E-state index is 12.9. The molecule has 0 aliphatic rings. The molecular weight excluding hydrogens is 327 g/mol. The van der Waals surface area contributed by atoms with E-state index in [2.05, 4.69) is 4.98 Å². The second-order valence-corrected chi connectivity index (χ2v) is 5.63. The quantitative estimate of drug-likeness (QED) is 0.604. The Bertz CT molecular complexity index is 912. The van der Waals surface area contributed by atoms with Crippen molar-refractivity contribution in [3.05, 3.63) is 58.1 Å². The number of rotatable bonds is 2. The number of nitrogens with one attached hydrogen (secondary N) is 1. The number of fused-ring (bicyclic) bond motifs is 1. The Hall–Kier alpha value is -2.27. The highest BCUT2D eigenvalue weighted by Gasteiger charge is 2.30. The molecule has 0 saturated heterocycles. The van der Waals surface area contributed by atoms with Crippen molar-refractivity contribution in [3.8, 4) is 11.3 Å². The van der Waals surface area contributed by atoms with Crippen LogP contribution < -0.4 is 0 Å². The Morgan fingerprint density at radius 1 is 1.17 bits per heavy atom. The van der Waals surface area contributed by atoms with Crippen molar-refractivity contribution < 1.29 is 18.0 Å². The van der Waals surface area contributed by atoms with Gasteiger partial charge in [0.15, 0.2) is 6.29 Å². The molecule has 2 aromatic carbocycles. The zero-order chi connectivity index (χ0) is 16.8. The van der Waals surface area contributed by atoms with Crippen LogP contribution in [0.2, 0.25) is 5.02 Å². The highest BCUT2D eigenvalue weighted by atomic mass is 35.5. The van der Waals surface area contributed by atoms with Gasteiger partial charge >= 0.3 is 6.18 Å². The van der Waals surface area contributed by atoms with Crippen LogP contribution in [0.15, 0.2) is 36.4 Å². The Morgan fingerprint density at radius 2 is 1.91 bits per heavy atom. The van der Waals surface area contributed by atoms with E-state index < -0.39 is 11.7 Å². The Labute approximate surface area is 134 Å². The summed E-state index contributed by atoms with van der Waals surface area (Å²) in [6, 6.07) is 8.29. The lowest BCUT2D eigenvalue weighted by Crippen LogP contribution is -2.04. The third kappa shape index (κ3) is 2.61. The largest absolute Gasteiger partial charge is 0.416 e. The first kappa shape index (κ1) is 15.6. The van der Waals surface area contributed by atoms with Crippen molar-refractivity contribution in [2.75, 3.05) is 0 Å². The maximum Gasteiger partial charge on any atom is 0.416 e. The van der Waals surface area contributed by atoms with Crippen LogP contribution >= 0.6 is 11.6 Å². The molecule has 0 saturated carbocycles. The lowest BCUT2D eigenvalue weighted by Gasteiger charge is -2.08. The van der Waals surface area contributed by atoms with E-state index in [0.717, 1.165) is 17.7 Å². The van der Waals surface area contributed by atoms with Crippen molar-refractivity contribution in [1.82, 2.24) is 4.98 Å². The molecule has 1 heterocycles. The molecule has 0 bridgehead atoms. The van der Waals surface area contributed by atoms with Gasteiger partial charge in [-0.25, -0.2) is 0 Å². The van der Waals surface area contributed by atoms with Crippen LogP contribution in [0.3, 0.4) is 0 Å². The van der Waals surface area contributed by atoms with Gasteiger partial charge < -0.3 is 4.98 Å². The average molecular weight is 338 g/mol. The maximum absolute atomic E-state index is 12.9. The summed E-state index contributed by atoms with van der Waals surface area (Å²) in [5.41, 5.74) is 1.60. The molecule has 3 aromatic rings. The lowest BCUT2D eigenvalue weighted by atomic mass is 10.0. The lowest BCUT2D eigenvalue weighted by molar-refractivity contribution is -0.137.